The first kappa shape index (κ1) is 26.4. The zero-order chi connectivity index (χ0) is 26.9. The molecule has 2 aromatic carbocycles. The molecular weight excluding hydrogens is 479 g/mol. The van der Waals surface area contributed by atoms with Crippen molar-refractivity contribution in [2.24, 2.45) is 0 Å². The third-order valence-electron chi connectivity index (χ3n) is 8.20. The van der Waals surface area contributed by atoms with Gasteiger partial charge < -0.3 is 24.3 Å². The van der Waals surface area contributed by atoms with Gasteiger partial charge in [-0.1, -0.05) is 42.5 Å². The number of fused-ring (bicyclic) bond motifs is 1. The van der Waals surface area contributed by atoms with Crippen molar-refractivity contribution in [3.8, 4) is 0 Å². The van der Waals surface area contributed by atoms with E-state index in [1.54, 1.807) is 4.90 Å². The summed E-state index contributed by atoms with van der Waals surface area (Å²) in [4.78, 5) is 23.6. The molecule has 1 aliphatic carbocycles. The van der Waals surface area contributed by atoms with Gasteiger partial charge in [0.2, 0.25) is 5.95 Å². The minimum atomic E-state index is -0.411. The molecule has 2 fully saturated rings. The number of hydrogen-bond donors (Lipinski definition) is 1. The van der Waals surface area contributed by atoms with E-state index in [0.29, 0.717) is 12.6 Å². The van der Waals surface area contributed by atoms with E-state index in [4.69, 9.17) is 19.0 Å². The number of hydrogen-bond acceptors (Lipinski definition) is 7. The van der Waals surface area contributed by atoms with Crippen LogP contribution in [0.3, 0.4) is 0 Å². The molecule has 8 nitrogen and oxygen atoms in total. The van der Waals surface area contributed by atoms with Crippen molar-refractivity contribution >= 4 is 35.5 Å². The second-order valence-electron chi connectivity index (χ2n) is 11.4. The van der Waals surface area contributed by atoms with Crippen LogP contribution in [0.4, 0.5) is 10.7 Å². The van der Waals surface area contributed by atoms with E-state index in [9.17, 15) is 4.79 Å². The molecule has 0 unspecified atom stereocenters. The number of benzene rings is 2. The van der Waals surface area contributed by atoms with E-state index in [0.717, 1.165) is 47.6 Å². The number of anilines is 1. The number of carbonyl (C=O) groups excluding carboxylic acids is 1. The molecule has 0 atom stereocenters. The van der Waals surface area contributed by atoms with Crippen molar-refractivity contribution in [2.75, 3.05) is 12.4 Å². The highest BCUT2D eigenvalue weighted by atomic mass is 16.7. The van der Waals surface area contributed by atoms with Crippen molar-refractivity contribution in [3.63, 3.8) is 0 Å². The fourth-order valence-electron chi connectivity index (χ4n) is 5.01. The minimum absolute atomic E-state index is 0.169. The van der Waals surface area contributed by atoms with Crippen LogP contribution in [0, 0.1) is 0 Å². The summed E-state index contributed by atoms with van der Waals surface area (Å²) in [6.45, 7) is 8.51. The Labute approximate surface area is 225 Å². The monoisotopic (exact) mass is 516 g/mol. The second kappa shape index (κ2) is 10.5. The zero-order valence-corrected chi connectivity index (χ0v) is 22.9. The molecule has 200 valence electrons. The Hall–Kier alpha value is -3.17. The Bertz CT molecular complexity index is 1260. The van der Waals surface area contributed by atoms with Crippen LogP contribution in [0.1, 0.15) is 58.9 Å². The van der Waals surface area contributed by atoms with Crippen LogP contribution in [0.25, 0.3) is 10.9 Å². The number of amides is 1. The predicted molar refractivity (Wildman–Crippen MR) is 149 cm³/mol. The number of ether oxygens (including phenoxy) is 1. The van der Waals surface area contributed by atoms with E-state index >= 15 is 0 Å². The lowest BCUT2D eigenvalue weighted by Crippen LogP contribution is -2.41. The van der Waals surface area contributed by atoms with Crippen molar-refractivity contribution in [1.29, 1.82) is 0 Å². The Morgan fingerprint density at radius 1 is 1.05 bits per heavy atom. The van der Waals surface area contributed by atoms with E-state index < -0.39 is 7.12 Å². The maximum Gasteiger partial charge on any atom is 0.494 e. The highest BCUT2D eigenvalue weighted by Gasteiger charge is 2.51. The smallest absolute Gasteiger partial charge is 0.445 e. The average Bonchev–Trinajstić information content (AvgIpc) is 3.14. The molecule has 9 heteroatoms. The minimum Gasteiger partial charge on any atom is -0.445 e. The van der Waals surface area contributed by atoms with Gasteiger partial charge in [-0.3, -0.25) is 0 Å². The van der Waals surface area contributed by atoms with Gasteiger partial charge in [0.15, 0.2) is 0 Å². The summed E-state index contributed by atoms with van der Waals surface area (Å²) in [6.07, 6.45) is 5.25. The highest BCUT2D eigenvalue weighted by molar-refractivity contribution is 6.62. The van der Waals surface area contributed by atoms with Gasteiger partial charge in [-0.25, -0.2) is 14.8 Å². The third kappa shape index (κ3) is 5.64. The Morgan fingerprint density at radius 2 is 1.74 bits per heavy atom. The summed E-state index contributed by atoms with van der Waals surface area (Å²) in [5.41, 5.74) is 2.06. The molecule has 1 saturated carbocycles. The number of aromatic nitrogens is 2. The van der Waals surface area contributed by atoms with Crippen molar-refractivity contribution in [1.82, 2.24) is 14.9 Å². The van der Waals surface area contributed by atoms with E-state index in [-0.39, 0.29) is 29.4 Å². The van der Waals surface area contributed by atoms with Crippen LogP contribution >= 0.6 is 0 Å². The van der Waals surface area contributed by atoms with Crippen LogP contribution < -0.4 is 10.8 Å². The van der Waals surface area contributed by atoms with Gasteiger partial charge in [0.05, 0.1) is 16.7 Å². The Balaban J connectivity index is 1.14. The molecule has 5 rings (SSSR count). The number of rotatable bonds is 6. The second-order valence-corrected chi connectivity index (χ2v) is 11.4. The lowest BCUT2D eigenvalue weighted by atomic mass is 9.78. The fourth-order valence-corrected chi connectivity index (χ4v) is 5.01. The first-order valence-corrected chi connectivity index (χ1v) is 13.4. The van der Waals surface area contributed by atoms with Crippen LogP contribution in [-0.2, 0) is 20.7 Å². The van der Waals surface area contributed by atoms with Crippen LogP contribution in [0.5, 0.6) is 0 Å². The molecule has 0 bridgehead atoms. The molecule has 0 spiro atoms. The van der Waals surface area contributed by atoms with Gasteiger partial charge >= 0.3 is 13.2 Å². The molecule has 1 aliphatic heterocycles. The van der Waals surface area contributed by atoms with E-state index in [2.05, 4.69) is 38.0 Å². The third-order valence-corrected chi connectivity index (χ3v) is 8.20. The molecule has 1 aromatic heterocycles. The number of nitrogens with zero attached hydrogens (tertiary/aromatic N) is 3. The van der Waals surface area contributed by atoms with E-state index in [1.165, 1.54) is 0 Å². The molecule has 3 aromatic rings. The first-order chi connectivity index (χ1) is 18.1. The van der Waals surface area contributed by atoms with Crippen LogP contribution in [-0.4, -0.2) is 58.4 Å². The van der Waals surface area contributed by atoms with Gasteiger partial charge in [0.1, 0.15) is 6.61 Å². The summed E-state index contributed by atoms with van der Waals surface area (Å²) in [6, 6.07) is 16.2. The van der Waals surface area contributed by atoms with Crippen LogP contribution in [0.15, 0.2) is 54.7 Å². The van der Waals surface area contributed by atoms with Crippen molar-refractivity contribution in [3.05, 3.63) is 60.3 Å². The molecule has 1 N–H and O–H groups in total. The lowest BCUT2D eigenvalue weighted by Gasteiger charge is -2.34. The predicted octanol–water partition coefficient (Wildman–Crippen LogP) is 4.92. The van der Waals surface area contributed by atoms with Gasteiger partial charge in [-0.15, -0.1) is 0 Å². The summed E-state index contributed by atoms with van der Waals surface area (Å²) >= 11 is 0. The average molecular weight is 516 g/mol. The fraction of sp³-hybridized carbons (Fsp3) is 0.483. The summed E-state index contributed by atoms with van der Waals surface area (Å²) in [5.74, 6) is 0.625. The Kier molecular flexibility index (Phi) is 7.33. The maximum absolute atomic E-state index is 12.5. The molecule has 38 heavy (non-hydrogen) atoms. The van der Waals surface area contributed by atoms with Gasteiger partial charge in [0.25, 0.3) is 0 Å². The van der Waals surface area contributed by atoms with Crippen molar-refractivity contribution in [2.45, 2.75) is 83.3 Å². The van der Waals surface area contributed by atoms with Gasteiger partial charge in [0, 0.05) is 30.7 Å². The summed E-state index contributed by atoms with van der Waals surface area (Å²) in [5, 5.41) is 4.44. The lowest BCUT2D eigenvalue weighted by molar-refractivity contribution is 0.00578. The standard InChI is InChI=1S/C29H37BN4O4/c1-28(2)29(3,4)38-30(37-28)22-11-16-25-21(17-22)18-31-26(33-25)32-23-12-14-24(15-13-23)34(5)27(35)36-19-20-9-7-6-8-10-20/h6-11,16-18,23-24H,12-15,19H2,1-5H3,(H,31,32,33). The summed E-state index contributed by atoms with van der Waals surface area (Å²) in [7, 11) is 1.42. The maximum atomic E-state index is 12.5. The number of nitrogens with one attached hydrogen (secondary N) is 1. The summed E-state index contributed by atoms with van der Waals surface area (Å²) < 4.78 is 17.9. The molecule has 2 aliphatic rings. The van der Waals surface area contributed by atoms with Crippen LogP contribution in [0.2, 0.25) is 0 Å². The normalized spacial score (nSPS) is 22.3. The van der Waals surface area contributed by atoms with Gasteiger partial charge in [-0.05, 0) is 70.5 Å². The Morgan fingerprint density at radius 3 is 2.42 bits per heavy atom. The van der Waals surface area contributed by atoms with Gasteiger partial charge in [-0.2, -0.15) is 0 Å². The quantitative estimate of drug-likeness (QED) is 0.466. The number of carbonyl (C=O) groups is 1. The molecule has 2 heterocycles. The largest absolute Gasteiger partial charge is 0.494 e. The zero-order valence-electron chi connectivity index (χ0n) is 22.9. The molecular formula is C29H37BN4O4. The SMILES string of the molecule is CN(C(=O)OCc1ccccc1)C1CCC(Nc2ncc3cc(B4OC(C)(C)C(C)(C)O4)ccc3n2)CC1. The van der Waals surface area contributed by atoms with Crippen molar-refractivity contribution < 1.29 is 18.8 Å². The molecule has 1 amide bonds. The van der Waals surface area contributed by atoms with E-state index in [1.807, 2.05) is 61.8 Å². The first-order valence-electron chi connectivity index (χ1n) is 13.4. The molecule has 0 radical (unpaired) electrons. The highest BCUT2D eigenvalue weighted by Crippen LogP contribution is 2.36. The topological polar surface area (TPSA) is 85.8 Å². The molecule has 1 saturated heterocycles.